The lowest BCUT2D eigenvalue weighted by Crippen LogP contribution is -2.35. The SMILES string of the molecule is C#Cc1cccc(NC(=O)CN(C)C(=O)Cc2csc(NC(=O)Cc3cccs3)n2)c1. The number of likely N-dealkylation sites (N-methyl/N-ethyl adjacent to an activating group) is 1. The van der Waals surface area contributed by atoms with Gasteiger partial charge in [0.2, 0.25) is 17.7 Å². The molecule has 9 heteroatoms. The van der Waals surface area contributed by atoms with Crippen LogP contribution in [0.4, 0.5) is 10.8 Å². The van der Waals surface area contributed by atoms with Gasteiger partial charge in [0.1, 0.15) is 0 Å². The highest BCUT2D eigenvalue weighted by atomic mass is 32.1. The van der Waals surface area contributed by atoms with Gasteiger partial charge in [-0.1, -0.05) is 18.1 Å². The highest BCUT2D eigenvalue weighted by Gasteiger charge is 2.16. The Labute approximate surface area is 188 Å². The largest absolute Gasteiger partial charge is 0.336 e. The Hall–Kier alpha value is -3.48. The Kier molecular flexibility index (Phi) is 7.54. The smallest absolute Gasteiger partial charge is 0.243 e. The predicted octanol–water partition coefficient (Wildman–Crippen LogP) is 3.01. The molecule has 158 valence electrons. The average molecular weight is 453 g/mol. The van der Waals surface area contributed by atoms with Crippen molar-refractivity contribution in [3.8, 4) is 12.3 Å². The van der Waals surface area contributed by atoms with Crippen molar-refractivity contribution in [1.82, 2.24) is 9.88 Å². The number of carbonyl (C=O) groups excluding carboxylic acids is 3. The Bertz CT molecular complexity index is 1120. The molecule has 3 amide bonds. The van der Waals surface area contributed by atoms with Gasteiger partial charge in [-0.15, -0.1) is 29.1 Å². The lowest BCUT2D eigenvalue weighted by molar-refractivity contribution is -0.132. The average Bonchev–Trinajstić information content (AvgIpc) is 3.40. The van der Waals surface area contributed by atoms with Crippen molar-refractivity contribution in [2.24, 2.45) is 0 Å². The van der Waals surface area contributed by atoms with E-state index in [2.05, 4.69) is 21.5 Å². The summed E-state index contributed by atoms with van der Waals surface area (Å²) in [5, 5.41) is 9.55. The van der Waals surface area contributed by atoms with E-state index in [1.54, 1.807) is 36.7 Å². The lowest BCUT2D eigenvalue weighted by Gasteiger charge is -2.16. The normalized spacial score (nSPS) is 10.2. The molecule has 2 N–H and O–H groups in total. The van der Waals surface area contributed by atoms with Gasteiger partial charge < -0.3 is 15.5 Å². The third-order valence-electron chi connectivity index (χ3n) is 4.16. The minimum absolute atomic E-state index is 0.0354. The van der Waals surface area contributed by atoms with Gasteiger partial charge in [-0.2, -0.15) is 0 Å². The van der Waals surface area contributed by atoms with Gasteiger partial charge in [0.25, 0.3) is 0 Å². The molecule has 0 spiro atoms. The fourth-order valence-corrected chi connectivity index (χ4v) is 4.09. The molecule has 0 atom stereocenters. The van der Waals surface area contributed by atoms with E-state index in [1.165, 1.54) is 27.6 Å². The summed E-state index contributed by atoms with van der Waals surface area (Å²) in [5.74, 6) is 1.76. The highest BCUT2D eigenvalue weighted by Crippen LogP contribution is 2.17. The van der Waals surface area contributed by atoms with Gasteiger partial charge in [0.05, 0.1) is 25.1 Å². The first-order chi connectivity index (χ1) is 14.9. The van der Waals surface area contributed by atoms with E-state index in [1.807, 2.05) is 17.5 Å². The van der Waals surface area contributed by atoms with Gasteiger partial charge in [-0.25, -0.2) is 4.98 Å². The van der Waals surface area contributed by atoms with Crippen molar-refractivity contribution < 1.29 is 14.4 Å². The molecule has 0 bridgehead atoms. The fourth-order valence-electron chi connectivity index (χ4n) is 2.66. The molecule has 2 heterocycles. The standard InChI is InChI=1S/C22H20N4O3S2/c1-3-15-6-4-7-16(10-15)23-20(28)13-26(2)21(29)11-17-14-31-22(24-17)25-19(27)12-18-8-5-9-30-18/h1,4-10,14H,11-13H2,2H3,(H,23,28)(H,24,25,27). The van der Waals surface area contributed by atoms with Crippen LogP contribution in [0.1, 0.15) is 16.1 Å². The van der Waals surface area contributed by atoms with Crippen LogP contribution in [0.15, 0.2) is 47.2 Å². The molecule has 0 aliphatic carbocycles. The number of rotatable bonds is 8. The van der Waals surface area contributed by atoms with E-state index < -0.39 is 0 Å². The third-order valence-corrected chi connectivity index (χ3v) is 5.85. The molecule has 0 aliphatic rings. The van der Waals surface area contributed by atoms with Crippen molar-refractivity contribution in [3.05, 3.63) is 63.3 Å². The van der Waals surface area contributed by atoms with Crippen molar-refractivity contribution in [3.63, 3.8) is 0 Å². The zero-order valence-electron chi connectivity index (χ0n) is 16.8. The van der Waals surface area contributed by atoms with Crippen LogP contribution in [-0.2, 0) is 27.2 Å². The number of nitrogens with one attached hydrogen (secondary N) is 2. The van der Waals surface area contributed by atoms with Gasteiger partial charge in [0.15, 0.2) is 5.13 Å². The van der Waals surface area contributed by atoms with Crippen LogP contribution < -0.4 is 10.6 Å². The van der Waals surface area contributed by atoms with Gasteiger partial charge >= 0.3 is 0 Å². The topological polar surface area (TPSA) is 91.4 Å². The first-order valence-corrected chi connectivity index (χ1v) is 11.1. The quantitative estimate of drug-likeness (QED) is 0.514. The Balaban J connectivity index is 1.47. The van der Waals surface area contributed by atoms with E-state index >= 15 is 0 Å². The monoisotopic (exact) mass is 452 g/mol. The van der Waals surface area contributed by atoms with Gasteiger partial charge in [-0.3, -0.25) is 14.4 Å². The predicted molar refractivity (Wildman–Crippen MR) is 123 cm³/mol. The van der Waals surface area contributed by atoms with Crippen LogP contribution in [0.25, 0.3) is 0 Å². The summed E-state index contributed by atoms with van der Waals surface area (Å²) in [6.07, 6.45) is 5.68. The number of amides is 3. The molecular formula is C22H20N4O3S2. The summed E-state index contributed by atoms with van der Waals surface area (Å²) < 4.78 is 0. The number of hydrogen-bond acceptors (Lipinski definition) is 6. The maximum Gasteiger partial charge on any atom is 0.243 e. The number of aromatic nitrogens is 1. The number of terminal acetylenes is 1. The Morgan fingerprint density at radius 2 is 1.94 bits per heavy atom. The molecule has 0 saturated heterocycles. The summed E-state index contributed by atoms with van der Waals surface area (Å²) >= 11 is 2.77. The van der Waals surface area contributed by atoms with E-state index in [-0.39, 0.29) is 37.1 Å². The molecule has 1 aromatic carbocycles. The molecular weight excluding hydrogens is 432 g/mol. The number of nitrogens with zero attached hydrogens (tertiary/aromatic N) is 2. The molecule has 3 aromatic rings. The van der Waals surface area contributed by atoms with Crippen LogP contribution in [0.3, 0.4) is 0 Å². The van der Waals surface area contributed by atoms with E-state index in [4.69, 9.17) is 6.42 Å². The molecule has 0 radical (unpaired) electrons. The lowest BCUT2D eigenvalue weighted by atomic mass is 10.2. The van der Waals surface area contributed by atoms with Crippen molar-refractivity contribution >= 4 is 51.2 Å². The van der Waals surface area contributed by atoms with Crippen LogP contribution in [0, 0.1) is 12.3 Å². The second-order valence-electron chi connectivity index (χ2n) is 6.65. The first-order valence-electron chi connectivity index (χ1n) is 9.30. The van der Waals surface area contributed by atoms with Crippen molar-refractivity contribution in [2.75, 3.05) is 24.2 Å². The van der Waals surface area contributed by atoms with E-state index in [9.17, 15) is 14.4 Å². The van der Waals surface area contributed by atoms with Crippen LogP contribution in [0.2, 0.25) is 0 Å². The number of benzene rings is 1. The van der Waals surface area contributed by atoms with Crippen LogP contribution in [-0.4, -0.2) is 41.2 Å². The number of carbonyl (C=O) groups is 3. The minimum atomic E-state index is -0.329. The highest BCUT2D eigenvalue weighted by molar-refractivity contribution is 7.14. The van der Waals surface area contributed by atoms with Gasteiger partial charge in [0, 0.05) is 28.6 Å². The fraction of sp³-hybridized carbons (Fsp3) is 0.182. The molecule has 0 aliphatic heterocycles. The summed E-state index contributed by atoms with van der Waals surface area (Å²) in [6, 6.07) is 10.7. The molecule has 3 rings (SSSR count). The van der Waals surface area contributed by atoms with Crippen molar-refractivity contribution in [2.45, 2.75) is 12.8 Å². The summed E-state index contributed by atoms with van der Waals surface area (Å²) in [6.45, 7) is -0.104. The molecule has 0 unspecified atom stereocenters. The number of thiophene rings is 1. The molecule has 0 saturated carbocycles. The minimum Gasteiger partial charge on any atom is -0.336 e. The summed E-state index contributed by atoms with van der Waals surface area (Å²) in [5.41, 5.74) is 1.77. The second-order valence-corrected chi connectivity index (χ2v) is 8.54. The maximum absolute atomic E-state index is 12.4. The molecule has 2 aromatic heterocycles. The second kappa shape index (κ2) is 10.5. The van der Waals surface area contributed by atoms with Gasteiger partial charge in [-0.05, 0) is 29.6 Å². The zero-order valence-corrected chi connectivity index (χ0v) is 18.4. The first kappa shape index (κ1) is 22.2. The van der Waals surface area contributed by atoms with E-state index in [0.29, 0.717) is 22.1 Å². The number of thiazole rings is 1. The number of anilines is 2. The summed E-state index contributed by atoms with van der Waals surface area (Å²) in [7, 11) is 1.55. The Morgan fingerprint density at radius 3 is 2.68 bits per heavy atom. The van der Waals surface area contributed by atoms with Crippen LogP contribution >= 0.6 is 22.7 Å². The number of hydrogen-bond donors (Lipinski definition) is 2. The maximum atomic E-state index is 12.4. The third kappa shape index (κ3) is 6.77. The molecule has 31 heavy (non-hydrogen) atoms. The summed E-state index contributed by atoms with van der Waals surface area (Å²) in [4.78, 5) is 43.3. The zero-order chi connectivity index (χ0) is 22.2. The molecule has 7 nitrogen and oxygen atoms in total. The van der Waals surface area contributed by atoms with Crippen molar-refractivity contribution in [1.29, 1.82) is 0 Å². The molecule has 0 fully saturated rings. The Morgan fingerprint density at radius 1 is 1.10 bits per heavy atom. The van der Waals surface area contributed by atoms with E-state index in [0.717, 1.165) is 4.88 Å². The van der Waals surface area contributed by atoms with Crippen LogP contribution in [0.5, 0.6) is 0 Å².